The van der Waals surface area contributed by atoms with E-state index in [-0.39, 0.29) is 28.7 Å². The Hall–Kier alpha value is -1.86. The van der Waals surface area contributed by atoms with Gasteiger partial charge >= 0.3 is 0 Å². The minimum Gasteiger partial charge on any atom is -0.504 e. The van der Waals surface area contributed by atoms with Crippen molar-refractivity contribution in [3.8, 4) is 11.5 Å². The van der Waals surface area contributed by atoms with Crippen molar-refractivity contribution in [1.82, 2.24) is 0 Å². The molecule has 0 aliphatic carbocycles. The number of nitro benzene ring substituents is 1. The normalized spacial score (nSPS) is 15.4. The zero-order chi connectivity index (χ0) is 15.4. The van der Waals surface area contributed by atoms with Gasteiger partial charge in [0.1, 0.15) is 0 Å². The van der Waals surface area contributed by atoms with Crippen molar-refractivity contribution in [1.29, 1.82) is 0 Å². The highest BCUT2D eigenvalue weighted by molar-refractivity contribution is 5.54. The van der Waals surface area contributed by atoms with Crippen LogP contribution in [0.4, 0.5) is 5.69 Å². The SMILES string of the molecule is CCC(C)[C@@H](O)[C@@H](N)c1cc([N+](=O)[O-])cc(OC)c1O. The molecule has 1 aromatic carbocycles. The monoisotopic (exact) mass is 284 g/mol. The van der Waals surface area contributed by atoms with Gasteiger partial charge in [-0.3, -0.25) is 10.1 Å². The van der Waals surface area contributed by atoms with Gasteiger partial charge < -0.3 is 20.7 Å². The lowest BCUT2D eigenvalue weighted by Crippen LogP contribution is -2.31. The first-order valence-electron chi connectivity index (χ1n) is 6.32. The van der Waals surface area contributed by atoms with Gasteiger partial charge in [0.25, 0.3) is 5.69 Å². The molecule has 20 heavy (non-hydrogen) atoms. The molecule has 1 aromatic rings. The van der Waals surface area contributed by atoms with Crippen molar-refractivity contribution in [2.45, 2.75) is 32.4 Å². The van der Waals surface area contributed by atoms with Gasteiger partial charge in [-0.25, -0.2) is 0 Å². The predicted molar refractivity (Wildman–Crippen MR) is 73.7 cm³/mol. The number of nitrogens with two attached hydrogens (primary N) is 1. The molecule has 1 unspecified atom stereocenters. The zero-order valence-electron chi connectivity index (χ0n) is 11.7. The molecule has 0 saturated heterocycles. The Balaban J connectivity index is 3.28. The molecule has 0 amide bonds. The fourth-order valence-electron chi connectivity index (χ4n) is 1.91. The van der Waals surface area contributed by atoms with Crippen LogP contribution in [0, 0.1) is 16.0 Å². The summed E-state index contributed by atoms with van der Waals surface area (Å²) in [6.45, 7) is 3.71. The van der Waals surface area contributed by atoms with E-state index in [2.05, 4.69) is 0 Å². The van der Waals surface area contributed by atoms with E-state index in [4.69, 9.17) is 10.5 Å². The Morgan fingerprint density at radius 1 is 1.50 bits per heavy atom. The van der Waals surface area contributed by atoms with E-state index in [1.807, 2.05) is 13.8 Å². The summed E-state index contributed by atoms with van der Waals surface area (Å²) >= 11 is 0. The van der Waals surface area contributed by atoms with Gasteiger partial charge in [-0.15, -0.1) is 0 Å². The Bertz CT molecular complexity index is 492. The van der Waals surface area contributed by atoms with Crippen molar-refractivity contribution >= 4 is 5.69 Å². The predicted octanol–water partition coefficient (Wildman–Crippen LogP) is 1.72. The standard InChI is InChI=1S/C13H20N2O5/c1-4-7(2)12(16)11(14)9-5-8(15(18)19)6-10(20-3)13(9)17/h5-7,11-12,16-17H,4,14H2,1-3H3/t7?,11-,12+/m0/s1. The number of ether oxygens (including phenoxy) is 1. The molecular formula is C13H20N2O5. The summed E-state index contributed by atoms with van der Waals surface area (Å²) in [6, 6.07) is 1.34. The van der Waals surface area contributed by atoms with Gasteiger partial charge in [-0.05, 0) is 5.92 Å². The second-order valence-corrected chi connectivity index (χ2v) is 4.74. The Labute approximate surface area is 117 Å². The van der Waals surface area contributed by atoms with E-state index >= 15 is 0 Å². The van der Waals surface area contributed by atoms with Crippen LogP contribution < -0.4 is 10.5 Å². The molecule has 3 atom stereocenters. The molecule has 0 radical (unpaired) electrons. The molecule has 4 N–H and O–H groups in total. The number of hydrogen-bond donors (Lipinski definition) is 3. The minimum absolute atomic E-state index is 0.0407. The number of methoxy groups -OCH3 is 1. The van der Waals surface area contributed by atoms with Crippen LogP contribution in [0.15, 0.2) is 12.1 Å². The Kier molecular flexibility index (Phi) is 5.29. The third-order valence-electron chi connectivity index (χ3n) is 3.47. The van der Waals surface area contributed by atoms with Crippen LogP contribution in [0.5, 0.6) is 11.5 Å². The number of nitrogens with zero attached hydrogens (tertiary/aromatic N) is 1. The summed E-state index contributed by atoms with van der Waals surface area (Å²) in [4.78, 5) is 10.3. The van der Waals surface area contributed by atoms with Crippen LogP contribution in [0.3, 0.4) is 0 Å². The third-order valence-corrected chi connectivity index (χ3v) is 3.47. The molecular weight excluding hydrogens is 264 g/mol. The lowest BCUT2D eigenvalue weighted by Gasteiger charge is -2.25. The quantitative estimate of drug-likeness (QED) is 0.540. The number of nitro groups is 1. The number of phenolic OH excluding ortho intramolecular Hbond substituents is 1. The number of aromatic hydroxyl groups is 1. The number of phenols is 1. The Morgan fingerprint density at radius 3 is 2.55 bits per heavy atom. The molecule has 7 nitrogen and oxygen atoms in total. The van der Waals surface area contributed by atoms with E-state index in [0.29, 0.717) is 6.42 Å². The average Bonchev–Trinajstić information content (AvgIpc) is 2.44. The maximum atomic E-state index is 10.9. The van der Waals surface area contributed by atoms with Crippen molar-refractivity contribution in [3.05, 3.63) is 27.8 Å². The van der Waals surface area contributed by atoms with Gasteiger partial charge in [0, 0.05) is 11.6 Å². The fraction of sp³-hybridized carbons (Fsp3) is 0.538. The third kappa shape index (κ3) is 3.17. The summed E-state index contributed by atoms with van der Waals surface area (Å²) in [5.74, 6) is -0.427. The molecule has 0 fully saturated rings. The first-order valence-corrected chi connectivity index (χ1v) is 6.32. The van der Waals surface area contributed by atoms with E-state index in [0.717, 1.165) is 12.1 Å². The molecule has 0 aromatic heterocycles. The molecule has 0 aliphatic heterocycles. The van der Waals surface area contributed by atoms with Crippen LogP contribution in [0.25, 0.3) is 0 Å². The number of aliphatic hydroxyl groups is 1. The van der Waals surface area contributed by atoms with Crippen molar-refractivity contribution in [3.63, 3.8) is 0 Å². The van der Waals surface area contributed by atoms with Crippen molar-refractivity contribution < 1.29 is 19.9 Å². The van der Waals surface area contributed by atoms with E-state index in [1.54, 1.807) is 0 Å². The molecule has 112 valence electrons. The van der Waals surface area contributed by atoms with Gasteiger partial charge in [0.15, 0.2) is 11.5 Å². The maximum absolute atomic E-state index is 10.9. The van der Waals surface area contributed by atoms with Crippen LogP contribution in [0.2, 0.25) is 0 Å². The highest BCUT2D eigenvalue weighted by Crippen LogP contribution is 2.38. The van der Waals surface area contributed by atoms with E-state index < -0.39 is 17.1 Å². The fourth-order valence-corrected chi connectivity index (χ4v) is 1.91. The van der Waals surface area contributed by atoms with Crippen LogP contribution in [0.1, 0.15) is 31.9 Å². The maximum Gasteiger partial charge on any atom is 0.273 e. The molecule has 1 rings (SSSR count). The number of hydrogen-bond acceptors (Lipinski definition) is 6. The van der Waals surface area contributed by atoms with Gasteiger partial charge in [0.2, 0.25) is 0 Å². The van der Waals surface area contributed by atoms with Gasteiger partial charge in [-0.2, -0.15) is 0 Å². The largest absolute Gasteiger partial charge is 0.504 e. The number of rotatable bonds is 6. The number of benzene rings is 1. The summed E-state index contributed by atoms with van der Waals surface area (Å²) in [5.41, 5.74) is 5.77. The Morgan fingerprint density at radius 2 is 2.10 bits per heavy atom. The topological polar surface area (TPSA) is 119 Å². The number of non-ortho nitro benzene ring substituents is 1. The molecule has 7 heteroatoms. The summed E-state index contributed by atoms with van der Waals surface area (Å²) in [6.07, 6.45) is -0.223. The second kappa shape index (κ2) is 6.53. The first kappa shape index (κ1) is 16.2. The minimum atomic E-state index is -0.932. The summed E-state index contributed by atoms with van der Waals surface area (Å²) in [5, 5.41) is 31.0. The molecule has 0 bridgehead atoms. The highest BCUT2D eigenvalue weighted by Gasteiger charge is 2.28. The second-order valence-electron chi connectivity index (χ2n) is 4.74. The van der Waals surface area contributed by atoms with Crippen LogP contribution >= 0.6 is 0 Å². The van der Waals surface area contributed by atoms with Crippen LogP contribution in [-0.4, -0.2) is 28.4 Å². The van der Waals surface area contributed by atoms with Crippen LogP contribution in [-0.2, 0) is 0 Å². The van der Waals surface area contributed by atoms with E-state index in [1.165, 1.54) is 7.11 Å². The molecule has 0 heterocycles. The lowest BCUT2D eigenvalue weighted by molar-refractivity contribution is -0.385. The zero-order valence-corrected chi connectivity index (χ0v) is 11.7. The molecule has 0 aliphatic rings. The van der Waals surface area contributed by atoms with Crippen molar-refractivity contribution in [2.24, 2.45) is 11.7 Å². The lowest BCUT2D eigenvalue weighted by atomic mass is 9.91. The average molecular weight is 284 g/mol. The molecule has 0 saturated carbocycles. The highest BCUT2D eigenvalue weighted by atomic mass is 16.6. The number of aliphatic hydroxyl groups excluding tert-OH is 1. The van der Waals surface area contributed by atoms with Gasteiger partial charge in [0.05, 0.1) is 30.2 Å². The van der Waals surface area contributed by atoms with Gasteiger partial charge in [-0.1, -0.05) is 20.3 Å². The first-order chi connectivity index (χ1) is 9.33. The summed E-state index contributed by atoms with van der Waals surface area (Å²) in [7, 11) is 1.29. The van der Waals surface area contributed by atoms with E-state index in [9.17, 15) is 20.3 Å². The van der Waals surface area contributed by atoms with Crippen molar-refractivity contribution in [2.75, 3.05) is 7.11 Å². The molecule has 0 spiro atoms. The summed E-state index contributed by atoms with van der Waals surface area (Å²) < 4.78 is 4.90. The smallest absolute Gasteiger partial charge is 0.273 e.